The Kier molecular flexibility index (Phi) is 11.5. The van der Waals surface area contributed by atoms with E-state index in [9.17, 15) is 19.2 Å². The fourth-order valence-electron chi connectivity index (χ4n) is 4.28. The zero-order valence-electron chi connectivity index (χ0n) is 22.4. The maximum atomic E-state index is 13.4. The van der Waals surface area contributed by atoms with Crippen LogP contribution in [0.15, 0.2) is 65.7 Å². The number of nitrogens with two attached hydrogens (primary N) is 3. The van der Waals surface area contributed by atoms with Crippen LogP contribution in [0.2, 0.25) is 0 Å². The molecule has 12 nitrogen and oxygen atoms in total. The monoisotopic (exact) mass is 550 g/mol. The van der Waals surface area contributed by atoms with Gasteiger partial charge in [-0.2, -0.15) is 0 Å². The molecule has 214 valence electrons. The molecule has 12 heteroatoms. The molecule has 0 aliphatic carbocycles. The number of rotatable bonds is 15. The Morgan fingerprint density at radius 2 is 1.50 bits per heavy atom. The molecule has 1 aliphatic rings. The second-order valence-electron chi connectivity index (χ2n) is 9.53. The van der Waals surface area contributed by atoms with E-state index in [4.69, 9.17) is 17.2 Å². The number of amides is 4. The minimum atomic E-state index is -0.967. The smallest absolute Gasteiger partial charge is 0.251 e. The van der Waals surface area contributed by atoms with Crippen LogP contribution in [0.1, 0.15) is 42.5 Å². The Labute approximate surface area is 233 Å². The standard InChI is InChI=1S/C28H38N8O4/c29-16-8-7-14-21(33-24(37)19-10-3-1-4-11-19)25(38)34-22(15-9-17-32-28(30)31)26(39)35-23-18-36(27(23)40)20-12-5-2-6-13-20/h1-6,10-13,21-23H,7-9,14-18,29H2,(H,33,37)(H,34,38)(H,35,39)(H4,30,31,32)/t21-,22-,23-/m0/s1. The van der Waals surface area contributed by atoms with Crippen LogP contribution in [0.4, 0.5) is 5.69 Å². The molecule has 1 aliphatic heterocycles. The lowest BCUT2D eigenvalue weighted by atomic mass is 10.0. The molecule has 1 saturated heterocycles. The summed E-state index contributed by atoms with van der Waals surface area (Å²) in [5.41, 5.74) is 17.6. The second kappa shape index (κ2) is 15.2. The van der Waals surface area contributed by atoms with Crippen molar-refractivity contribution in [3.05, 3.63) is 66.2 Å². The molecule has 3 atom stereocenters. The number of guanidine groups is 1. The number of para-hydroxylation sites is 1. The lowest BCUT2D eigenvalue weighted by molar-refractivity contribution is -0.133. The van der Waals surface area contributed by atoms with Crippen molar-refractivity contribution in [3.63, 3.8) is 0 Å². The van der Waals surface area contributed by atoms with E-state index in [1.54, 1.807) is 35.2 Å². The van der Waals surface area contributed by atoms with E-state index >= 15 is 0 Å². The van der Waals surface area contributed by atoms with Gasteiger partial charge in [0.25, 0.3) is 11.8 Å². The highest BCUT2D eigenvalue weighted by Crippen LogP contribution is 2.21. The van der Waals surface area contributed by atoms with Crippen molar-refractivity contribution in [3.8, 4) is 0 Å². The number of nitrogens with one attached hydrogen (secondary N) is 3. The molecule has 2 aromatic rings. The van der Waals surface area contributed by atoms with E-state index in [1.807, 2.05) is 30.3 Å². The normalized spacial score (nSPS) is 15.8. The summed E-state index contributed by atoms with van der Waals surface area (Å²) >= 11 is 0. The van der Waals surface area contributed by atoms with Crippen molar-refractivity contribution in [1.29, 1.82) is 0 Å². The molecule has 0 aromatic heterocycles. The van der Waals surface area contributed by atoms with Crippen molar-refractivity contribution in [2.75, 3.05) is 24.5 Å². The van der Waals surface area contributed by atoms with Gasteiger partial charge in [0, 0.05) is 17.8 Å². The molecule has 40 heavy (non-hydrogen) atoms. The molecule has 9 N–H and O–H groups in total. The number of unbranched alkanes of at least 4 members (excludes halogenated alkanes) is 1. The summed E-state index contributed by atoms with van der Waals surface area (Å²) in [6, 6.07) is 15.2. The van der Waals surface area contributed by atoms with E-state index in [-0.39, 0.29) is 24.8 Å². The maximum Gasteiger partial charge on any atom is 0.251 e. The van der Waals surface area contributed by atoms with Crippen LogP contribution in [0, 0.1) is 0 Å². The number of nitrogens with zero attached hydrogens (tertiary/aromatic N) is 2. The van der Waals surface area contributed by atoms with Gasteiger partial charge in [-0.3, -0.25) is 24.2 Å². The summed E-state index contributed by atoms with van der Waals surface area (Å²) in [7, 11) is 0. The van der Waals surface area contributed by atoms with Crippen LogP contribution in [0.5, 0.6) is 0 Å². The number of aliphatic imine (C=N–C) groups is 1. The topological polar surface area (TPSA) is 198 Å². The van der Waals surface area contributed by atoms with Gasteiger partial charge in [0.15, 0.2) is 5.96 Å². The van der Waals surface area contributed by atoms with Crippen LogP contribution in [-0.2, 0) is 14.4 Å². The van der Waals surface area contributed by atoms with Gasteiger partial charge < -0.3 is 38.1 Å². The molecule has 0 unspecified atom stereocenters. The van der Waals surface area contributed by atoms with E-state index < -0.39 is 35.8 Å². The predicted molar refractivity (Wildman–Crippen MR) is 153 cm³/mol. The van der Waals surface area contributed by atoms with Crippen molar-refractivity contribution in [2.45, 2.75) is 50.2 Å². The summed E-state index contributed by atoms with van der Waals surface area (Å²) in [6.45, 7) is 1.03. The summed E-state index contributed by atoms with van der Waals surface area (Å²) in [5, 5.41) is 8.29. The molecular weight excluding hydrogens is 512 g/mol. The van der Waals surface area contributed by atoms with Gasteiger partial charge >= 0.3 is 0 Å². The van der Waals surface area contributed by atoms with Crippen LogP contribution >= 0.6 is 0 Å². The fourth-order valence-corrected chi connectivity index (χ4v) is 4.28. The quantitative estimate of drug-likeness (QED) is 0.0775. The first-order chi connectivity index (χ1) is 19.3. The number of carbonyl (C=O) groups is 4. The Morgan fingerprint density at radius 1 is 0.875 bits per heavy atom. The van der Waals surface area contributed by atoms with Gasteiger partial charge in [-0.15, -0.1) is 0 Å². The summed E-state index contributed by atoms with van der Waals surface area (Å²) in [6.07, 6.45) is 2.25. The first kappa shape index (κ1) is 30.1. The molecule has 0 bridgehead atoms. The third kappa shape index (κ3) is 8.80. The summed E-state index contributed by atoms with van der Waals surface area (Å²) in [4.78, 5) is 57.6. The third-order valence-corrected chi connectivity index (χ3v) is 6.50. The molecule has 2 aromatic carbocycles. The molecule has 3 rings (SSSR count). The van der Waals surface area contributed by atoms with Crippen LogP contribution in [0.3, 0.4) is 0 Å². The van der Waals surface area contributed by atoms with Crippen molar-refractivity contribution in [1.82, 2.24) is 16.0 Å². The number of carbonyl (C=O) groups excluding carboxylic acids is 4. The third-order valence-electron chi connectivity index (χ3n) is 6.50. The minimum Gasteiger partial charge on any atom is -0.370 e. The number of anilines is 1. The highest BCUT2D eigenvalue weighted by molar-refractivity contribution is 6.06. The molecule has 1 fully saturated rings. The van der Waals surface area contributed by atoms with Crippen molar-refractivity contribution in [2.24, 2.45) is 22.2 Å². The first-order valence-corrected chi connectivity index (χ1v) is 13.4. The zero-order valence-corrected chi connectivity index (χ0v) is 22.4. The van der Waals surface area contributed by atoms with Crippen LogP contribution < -0.4 is 38.1 Å². The maximum absolute atomic E-state index is 13.4. The van der Waals surface area contributed by atoms with E-state index in [0.29, 0.717) is 44.3 Å². The zero-order chi connectivity index (χ0) is 28.9. The SMILES string of the molecule is NCCCC[C@H](NC(=O)c1ccccc1)C(=O)N[C@@H](CCCN=C(N)N)C(=O)N[C@H]1CN(c2ccccc2)C1=O. The first-order valence-electron chi connectivity index (χ1n) is 13.4. The number of hydrogen-bond acceptors (Lipinski definition) is 6. The number of benzene rings is 2. The molecule has 0 radical (unpaired) electrons. The second-order valence-corrected chi connectivity index (χ2v) is 9.53. The van der Waals surface area contributed by atoms with E-state index in [0.717, 1.165) is 5.69 Å². The summed E-state index contributed by atoms with van der Waals surface area (Å²) in [5.74, 6) is -1.72. The Bertz CT molecular complexity index is 1170. The molecule has 0 saturated carbocycles. The van der Waals surface area contributed by atoms with Gasteiger partial charge in [0.05, 0.1) is 6.54 Å². The predicted octanol–water partition coefficient (Wildman–Crippen LogP) is -0.0160. The average molecular weight is 551 g/mol. The summed E-state index contributed by atoms with van der Waals surface area (Å²) < 4.78 is 0. The van der Waals surface area contributed by atoms with Gasteiger partial charge in [0.1, 0.15) is 18.1 Å². The molecular formula is C28H38N8O4. The molecule has 0 spiro atoms. The Morgan fingerprint density at radius 3 is 2.12 bits per heavy atom. The van der Waals surface area contributed by atoms with Crippen molar-refractivity contribution >= 4 is 35.3 Å². The fraction of sp³-hybridized carbons (Fsp3) is 0.393. The minimum absolute atomic E-state index is 0.0744. The number of hydrogen-bond donors (Lipinski definition) is 6. The van der Waals surface area contributed by atoms with Gasteiger partial charge in [0.2, 0.25) is 11.8 Å². The van der Waals surface area contributed by atoms with E-state index in [1.165, 1.54) is 0 Å². The Balaban J connectivity index is 1.67. The molecule has 4 amide bonds. The van der Waals surface area contributed by atoms with Gasteiger partial charge in [-0.1, -0.05) is 36.4 Å². The molecule has 1 heterocycles. The Hall–Kier alpha value is -4.45. The largest absolute Gasteiger partial charge is 0.370 e. The average Bonchev–Trinajstić information content (AvgIpc) is 2.96. The van der Waals surface area contributed by atoms with Crippen LogP contribution in [0.25, 0.3) is 0 Å². The van der Waals surface area contributed by atoms with Gasteiger partial charge in [-0.25, -0.2) is 0 Å². The van der Waals surface area contributed by atoms with E-state index in [2.05, 4.69) is 20.9 Å². The lowest BCUT2D eigenvalue weighted by Gasteiger charge is -2.39. The highest BCUT2D eigenvalue weighted by atomic mass is 16.2. The van der Waals surface area contributed by atoms with Crippen molar-refractivity contribution < 1.29 is 19.2 Å². The highest BCUT2D eigenvalue weighted by Gasteiger charge is 2.40. The van der Waals surface area contributed by atoms with Gasteiger partial charge in [-0.05, 0) is 62.9 Å². The lowest BCUT2D eigenvalue weighted by Crippen LogP contribution is -2.66. The van der Waals surface area contributed by atoms with Crippen LogP contribution in [-0.4, -0.2) is 67.3 Å². The number of β-lactam (4-membered cyclic amide) rings is 1.